The summed E-state index contributed by atoms with van der Waals surface area (Å²) >= 11 is 0. The van der Waals surface area contributed by atoms with Crippen LogP contribution in [0.3, 0.4) is 0 Å². The van der Waals surface area contributed by atoms with E-state index in [1.807, 2.05) is 0 Å². The van der Waals surface area contributed by atoms with Crippen molar-refractivity contribution in [1.82, 2.24) is 8.61 Å². The Morgan fingerprint density at radius 2 is 1.81 bits per heavy atom. The van der Waals surface area contributed by atoms with Gasteiger partial charge in [0.15, 0.2) is 0 Å². The van der Waals surface area contributed by atoms with Crippen LogP contribution in [0.15, 0.2) is 52.3 Å². The van der Waals surface area contributed by atoms with E-state index < -0.39 is 38.4 Å². The molecule has 0 spiro atoms. The van der Waals surface area contributed by atoms with Gasteiger partial charge >= 0.3 is 0 Å². The maximum Gasteiger partial charge on any atom is 0.269 e. The number of nitrogens with one attached hydrogen (secondary N) is 1. The van der Waals surface area contributed by atoms with E-state index >= 15 is 0 Å². The lowest BCUT2D eigenvalue weighted by molar-refractivity contribution is -0.116. The van der Waals surface area contributed by atoms with Crippen LogP contribution in [0.2, 0.25) is 0 Å². The maximum absolute atomic E-state index is 12.9. The zero-order chi connectivity index (χ0) is 23.1. The summed E-state index contributed by atoms with van der Waals surface area (Å²) in [5, 5.41) is 2.53. The van der Waals surface area contributed by atoms with Gasteiger partial charge in [-0.2, -0.15) is 4.31 Å². The SMILES string of the molecule is Cc1ccc(S(=O)(=O)N2CCOCC2)cc1NC(=O)CN1C(=O)c2ccccc2S1(=O)=O. The number of hydrogen-bond acceptors (Lipinski definition) is 7. The first-order valence-corrected chi connectivity index (χ1v) is 12.6. The third-order valence-corrected chi connectivity index (χ3v) is 8.97. The number of aryl methyl sites for hydroxylation is 1. The van der Waals surface area contributed by atoms with E-state index in [2.05, 4.69) is 5.32 Å². The molecule has 2 aliphatic rings. The van der Waals surface area contributed by atoms with Crippen molar-refractivity contribution in [3.63, 3.8) is 0 Å². The molecule has 1 fully saturated rings. The van der Waals surface area contributed by atoms with E-state index in [9.17, 15) is 26.4 Å². The van der Waals surface area contributed by atoms with Crippen molar-refractivity contribution in [3.05, 3.63) is 53.6 Å². The molecule has 0 unspecified atom stereocenters. The van der Waals surface area contributed by atoms with Gasteiger partial charge in [0.1, 0.15) is 11.4 Å². The van der Waals surface area contributed by atoms with E-state index in [1.165, 1.54) is 34.6 Å². The molecule has 2 aromatic rings. The molecule has 2 amide bonds. The van der Waals surface area contributed by atoms with Crippen LogP contribution in [0.25, 0.3) is 0 Å². The number of morpholine rings is 1. The van der Waals surface area contributed by atoms with Crippen molar-refractivity contribution in [2.24, 2.45) is 0 Å². The number of hydrogen-bond donors (Lipinski definition) is 1. The summed E-state index contributed by atoms with van der Waals surface area (Å²) in [6.07, 6.45) is 0. The number of fused-ring (bicyclic) bond motifs is 1. The molecule has 2 aromatic carbocycles. The molecule has 12 heteroatoms. The second-order valence-corrected chi connectivity index (χ2v) is 11.1. The highest BCUT2D eigenvalue weighted by molar-refractivity contribution is 7.90. The van der Waals surface area contributed by atoms with Gasteiger partial charge in [-0.3, -0.25) is 9.59 Å². The zero-order valence-corrected chi connectivity index (χ0v) is 18.8. The smallest absolute Gasteiger partial charge is 0.269 e. The van der Waals surface area contributed by atoms with Gasteiger partial charge in [0, 0.05) is 18.8 Å². The summed E-state index contributed by atoms with van der Waals surface area (Å²) in [7, 11) is -7.91. The van der Waals surface area contributed by atoms with Gasteiger partial charge in [0.2, 0.25) is 15.9 Å². The van der Waals surface area contributed by atoms with Gasteiger partial charge in [-0.1, -0.05) is 18.2 Å². The van der Waals surface area contributed by atoms with Gasteiger partial charge in [0.05, 0.1) is 23.7 Å². The van der Waals surface area contributed by atoms with Crippen LogP contribution in [-0.2, 0) is 29.6 Å². The minimum atomic E-state index is -4.13. The molecule has 0 atom stereocenters. The third-order valence-electron chi connectivity index (χ3n) is 5.29. The fourth-order valence-electron chi connectivity index (χ4n) is 3.54. The summed E-state index contributed by atoms with van der Waals surface area (Å²) in [5.41, 5.74) is 0.805. The van der Waals surface area contributed by atoms with Crippen LogP contribution >= 0.6 is 0 Å². The fraction of sp³-hybridized carbons (Fsp3) is 0.300. The lowest BCUT2D eigenvalue weighted by Crippen LogP contribution is -2.40. The Bertz CT molecular complexity index is 1300. The Labute approximate surface area is 185 Å². The maximum atomic E-state index is 12.9. The van der Waals surface area contributed by atoms with Crippen LogP contribution in [0.1, 0.15) is 15.9 Å². The van der Waals surface area contributed by atoms with Gasteiger partial charge in [-0.15, -0.1) is 0 Å². The minimum Gasteiger partial charge on any atom is -0.379 e. The summed E-state index contributed by atoms with van der Waals surface area (Å²) < 4.78 is 58.1. The lowest BCUT2D eigenvalue weighted by Gasteiger charge is -2.26. The molecule has 170 valence electrons. The fourth-order valence-corrected chi connectivity index (χ4v) is 6.50. The predicted octanol–water partition coefficient (Wildman–Crippen LogP) is 0.799. The van der Waals surface area contributed by atoms with E-state index in [1.54, 1.807) is 19.1 Å². The number of ether oxygens (including phenoxy) is 1. The topological polar surface area (TPSA) is 130 Å². The van der Waals surface area contributed by atoms with Gasteiger partial charge < -0.3 is 10.1 Å². The number of carbonyl (C=O) groups is 2. The van der Waals surface area contributed by atoms with Gasteiger partial charge in [0.25, 0.3) is 15.9 Å². The summed E-state index contributed by atoms with van der Waals surface area (Å²) in [6.45, 7) is 2.01. The molecule has 0 bridgehead atoms. The van der Waals surface area contributed by atoms with Gasteiger partial charge in [-0.05, 0) is 36.8 Å². The molecule has 0 aliphatic carbocycles. The van der Waals surface area contributed by atoms with Crippen LogP contribution in [0.5, 0.6) is 0 Å². The standard InChI is InChI=1S/C20H21N3O7S2/c1-14-6-7-15(31(26,27)22-8-10-30-11-9-22)12-17(14)21-19(24)13-23-20(25)16-4-2-3-5-18(16)32(23,28)29/h2-7,12H,8-11,13H2,1H3,(H,21,24). The highest BCUT2D eigenvalue weighted by atomic mass is 32.2. The second kappa shape index (κ2) is 8.28. The quantitative estimate of drug-likeness (QED) is 0.671. The lowest BCUT2D eigenvalue weighted by atomic mass is 10.2. The zero-order valence-electron chi connectivity index (χ0n) is 17.1. The molecule has 0 aromatic heterocycles. The first kappa shape index (κ1) is 22.4. The predicted molar refractivity (Wildman–Crippen MR) is 114 cm³/mol. The van der Waals surface area contributed by atoms with Crippen molar-refractivity contribution in [2.45, 2.75) is 16.7 Å². The van der Waals surface area contributed by atoms with Crippen molar-refractivity contribution < 1.29 is 31.2 Å². The average Bonchev–Trinajstić information content (AvgIpc) is 2.96. The first-order valence-electron chi connectivity index (χ1n) is 9.77. The average molecular weight is 480 g/mol. The number of rotatable bonds is 5. The van der Waals surface area contributed by atoms with Crippen LogP contribution in [0, 0.1) is 6.92 Å². The Morgan fingerprint density at radius 3 is 2.50 bits per heavy atom. The molecule has 1 saturated heterocycles. The largest absolute Gasteiger partial charge is 0.379 e. The van der Waals surface area contributed by atoms with Crippen LogP contribution in [-0.4, -0.2) is 70.1 Å². The second-order valence-electron chi connectivity index (χ2n) is 7.35. The molecule has 2 heterocycles. The number of nitrogens with zero attached hydrogens (tertiary/aromatic N) is 2. The summed E-state index contributed by atoms with van der Waals surface area (Å²) in [4.78, 5) is 25.0. The Morgan fingerprint density at radius 1 is 1.12 bits per heavy atom. The Kier molecular flexibility index (Phi) is 5.79. The number of anilines is 1. The van der Waals surface area contributed by atoms with Gasteiger partial charge in [-0.25, -0.2) is 21.1 Å². The van der Waals surface area contributed by atoms with Crippen LogP contribution < -0.4 is 5.32 Å². The number of carbonyl (C=O) groups excluding carboxylic acids is 2. The normalized spacial score (nSPS) is 18.4. The molecule has 2 aliphatic heterocycles. The van der Waals surface area contributed by atoms with Crippen molar-refractivity contribution in [1.29, 1.82) is 0 Å². The highest BCUT2D eigenvalue weighted by Gasteiger charge is 2.41. The Balaban J connectivity index is 1.54. The Hall–Kier alpha value is -2.80. The van der Waals surface area contributed by atoms with E-state index in [0.29, 0.717) is 23.1 Å². The molecular formula is C20H21N3O7S2. The van der Waals surface area contributed by atoms with Crippen molar-refractivity contribution in [3.8, 4) is 0 Å². The third kappa shape index (κ3) is 3.90. The molecule has 32 heavy (non-hydrogen) atoms. The van der Waals surface area contributed by atoms with Crippen LogP contribution in [0.4, 0.5) is 5.69 Å². The van der Waals surface area contributed by atoms with Crippen molar-refractivity contribution >= 4 is 37.5 Å². The molecule has 10 nitrogen and oxygen atoms in total. The molecule has 0 radical (unpaired) electrons. The molecule has 1 N–H and O–H groups in total. The highest BCUT2D eigenvalue weighted by Crippen LogP contribution is 2.30. The van der Waals surface area contributed by atoms with Crippen molar-refractivity contribution in [2.75, 3.05) is 38.2 Å². The summed E-state index contributed by atoms with van der Waals surface area (Å²) in [6, 6.07) is 10.1. The monoisotopic (exact) mass is 479 g/mol. The number of amides is 2. The molecule has 4 rings (SSSR count). The number of sulfonamides is 2. The van der Waals surface area contributed by atoms with E-state index in [-0.39, 0.29) is 34.1 Å². The summed E-state index contributed by atoms with van der Waals surface area (Å²) in [5.74, 6) is -1.55. The van der Waals surface area contributed by atoms with E-state index in [4.69, 9.17) is 4.74 Å². The number of benzene rings is 2. The minimum absolute atomic E-state index is 0.00224. The molecule has 0 saturated carbocycles. The van der Waals surface area contributed by atoms with E-state index in [0.717, 1.165) is 0 Å². The molecular weight excluding hydrogens is 458 g/mol. The first-order chi connectivity index (χ1) is 15.1.